The number of esters is 2. The summed E-state index contributed by atoms with van der Waals surface area (Å²) in [6, 6.07) is 0. The fourth-order valence-corrected chi connectivity index (χ4v) is 3.63. The van der Waals surface area contributed by atoms with Crippen molar-refractivity contribution in [3.63, 3.8) is 0 Å². The fraction of sp³-hybridized carbons (Fsp3) is 0.562. The number of hydrogen-bond donors (Lipinski definition) is 0. The fourth-order valence-electron chi connectivity index (χ4n) is 3.63. The number of benzene rings is 2. The van der Waals surface area contributed by atoms with Crippen molar-refractivity contribution in [3.05, 3.63) is 58.2 Å². The zero-order valence-corrected chi connectivity index (χ0v) is 28.4. The maximum Gasteiger partial charge on any atom is 0.313 e. The Kier molecular flexibility index (Phi) is 22.6. The van der Waals surface area contributed by atoms with Crippen LogP contribution in [0, 0.1) is 58.2 Å². The van der Waals surface area contributed by atoms with Gasteiger partial charge in [-0.15, -0.1) is 0 Å². The van der Waals surface area contributed by atoms with Crippen LogP contribution < -0.4 is 9.47 Å². The molecular weight excluding hydrogens is 766 g/mol. The SMILES string of the molecule is O=C(CCOCCOCCOCCOCCOCCOCCOCCOCCC(=O)Oc1c(F)c(F)c(F)c(F)c1F)Oc1c(F)c(F)c(F)c(F)c1F. The van der Waals surface area contributed by atoms with E-state index in [-0.39, 0.29) is 79.3 Å². The zero-order valence-electron chi connectivity index (χ0n) is 28.4. The van der Waals surface area contributed by atoms with Crippen molar-refractivity contribution in [2.45, 2.75) is 12.8 Å². The second kappa shape index (κ2) is 26.2. The van der Waals surface area contributed by atoms with Crippen molar-refractivity contribution in [3.8, 4) is 11.5 Å². The van der Waals surface area contributed by atoms with E-state index in [0.717, 1.165) is 0 Å². The molecule has 0 aliphatic carbocycles. The molecule has 0 radical (unpaired) electrons. The minimum atomic E-state index is -2.37. The van der Waals surface area contributed by atoms with Crippen molar-refractivity contribution in [1.29, 1.82) is 0 Å². The van der Waals surface area contributed by atoms with Gasteiger partial charge in [0.15, 0.2) is 0 Å². The molecule has 0 saturated heterocycles. The molecule has 0 fully saturated rings. The molecule has 0 saturated carbocycles. The van der Waals surface area contributed by atoms with Crippen LogP contribution in [0.15, 0.2) is 0 Å². The van der Waals surface area contributed by atoms with E-state index in [2.05, 4.69) is 9.47 Å². The number of halogens is 10. The van der Waals surface area contributed by atoms with Gasteiger partial charge in [0.1, 0.15) is 0 Å². The minimum Gasteiger partial charge on any atom is -0.420 e. The summed E-state index contributed by atoms with van der Waals surface area (Å²) in [5.41, 5.74) is 0. The van der Waals surface area contributed by atoms with Crippen molar-refractivity contribution in [2.75, 3.05) is 106 Å². The van der Waals surface area contributed by atoms with Gasteiger partial charge in [0, 0.05) is 0 Å². The van der Waals surface area contributed by atoms with Crippen LogP contribution in [-0.2, 0) is 47.5 Å². The maximum absolute atomic E-state index is 13.5. The Hall–Kier alpha value is -3.64. The Bertz CT molecular complexity index is 1310. The lowest BCUT2D eigenvalue weighted by molar-refractivity contribution is -0.137. The zero-order chi connectivity index (χ0) is 39.9. The van der Waals surface area contributed by atoms with E-state index in [1.807, 2.05) is 0 Å². The molecule has 0 bridgehead atoms. The van der Waals surface area contributed by atoms with Gasteiger partial charge in [-0.2, -0.15) is 17.6 Å². The average molecular weight is 803 g/mol. The molecule has 0 atom stereocenters. The number of hydrogen-bond acceptors (Lipinski definition) is 12. The molecule has 0 aliphatic heterocycles. The first-order valence-electron chi connectivity index (χ1n) is 15.9. The lowest BCUT2D eigenvalue weighted by Gasteiger charge is -2.09. The van der Waals surface area contributed by atoms with Gasteiger partial charge in [-0.3, -0.25) is 9.59 Å². The van der Waals surface area contributed by atoms with Gasteiger partial charge in [0.2, 0.25) is 69.7 Å². The molecule has 12 nitrogen and oxygen atoms in total. The van der Waals surface area contributed by atoms with Gasteiger partial charge in [0.25, 0.3) is 0 Å². The number of ether oxygens (including phenoxy) is 10. The summed E-state index contributed by atoms with van der Waals surface area (Å²) in [5, 5.41) is 0. The Morgan fingerprint density at radius 1 is 0.278 bits per heavy atom. The van der Waals surface area contributed by atoms with E-state index >= 15 is 0 Å². The number of carbonyl (C=O) groups is 2. The van der Waals surface area contributed by atoms with Crippen LogP contribution in [0.4, 0.5) is 43.9 Å². The highest BCUT2D eigenvalue weighted by Gasteiger charge is 2.29. The van der Waals surface area contributed by atoms with E-state index in [1.54, 1.807) is 0 Å². The molecule has 0 amide bonds. The summed E-state index contributed by atoms with van der Waals surface area (Å²) in [7, 11) is 0. The molecule has 0 unspecified atom stereocenters. The Morgan fingerprint density at radius 2 is 0.444 bits per heavy atom. The molecule has 2 aromatic carbocycles. The molecule has 22 heteroatoms. The van der Waals surface area contributed by atoms with Crippen molar-refractivity contribution in [2.24, 2.45) is 0 Å². The summed E-state index contributed by atoms with van der Waals surface area (Å²) in [4.78, 5) is 23.3. The third-order valence-electron chi connectivity index (χ3n) is 6.28. The molecule has 306 valence electrons. The highest BCUT2D eigenvalue weighted by Crippen LogP contribution is 2.30. The van der Waals surface area contributed by atoms with Crippen LogP contribution in [0.5, 0.6) is 11.5 Å². The van der Waals surface area contributed by atoms with Crippen molar-refractivity contribution >= 4 is 11.9 Å². The predicted molar refractivity (Wildman–Crippen MR) is 160 cm³/mol. The van der Waals surface area contributed by atoms with Crippen molar-refractivity contribution in [1.82, 2.24) is 0 Å². The highest BCUT2D eigenvalue weighted by molar-refractivity contribution is 5.73. The Labute approximate surface area is 301 Å². The van der Waals surface area contributed by atoms with Crippen LogP contribution in [-0.4, -0.2) is 118 Å². The van der Waals surface area contributed by atoms with Crippen LogP contribution in [0.2, 0.25) is 0 Å². The molecule has 0 aliphatic rings. The topological polar surface area (TPSA) is 126 Å². The largest absolute Gasteiger partial charge is 0.420 e. The van der Waals surface area contributed by atoms with Crippen molar-refractivity contribution < 1.29 is 101 Å². The van der Waals surface area contributed by atoms with Gasteiger partial charge in [0.05, 0.1) is 119 Å². The first-order valence-corrected chi connectivity index (χ1v) is 15.9. The van der Waals surface area contributed by atoms with Gasteiger partial charge in [-0.1, -0.05) is 0 Å². The minimum absolute atomic E-state index is 0.0376. The molecule has 0 N–H and O–H groups in total. The third-order valence-corrected chi connectivity index (χ3v) is 6.28. The second-order valence-electron chi connectivity index (χ2n) is 10.1. The van der Waals surface area contributed by atoms with Crippen LogP contribution >= 0.6 is 0 Å². The summed E-state index contributed by atoms with van der Waals surface area (Å²) in [5.74, 6) is -28.7. The Morgan fingerprint density at radius 3 is 0.648 bits per heavy atom. The van der Waals surface area contributed by atoms with E-state index in [9.17, 15) is 53.5 Å². The lowest BCUT2D eigenvalue weighted by Crippen LogP contribution is -2.17. The lowest BCUT2D eigenvalue weighted by atomic mass is 10.2. The highest BCUT2D eigenvalue weighted by atomic mass is 19.2. The molecule has 0 spiro atoms. The van der Waals surface area contributed by atoms with E-state index in [4.69, 9.17) is 37.9 Å². The monoisotopic (exact) mass is 802 g/mol. The van der Waals surface area contributed by atoms with E-state index in [0.29, 0.717) is 26.4 Å². The number of rotatable bonds is 29. The molecule has 2 aromatic rings. The van der Waals surface area contributed by atoms with Crippen LogP contribution in [0.25, 0.3) is 0 Å². The van der Waals surface area contributed by atoms with Gasteiger partial charge in [-0.05, 0) is 0 Å². The first-order chi connectivity index (χ1) is 25.9. The standard InChI is InChI=1S/C32H36F10O12/c33-21-23(35)27(39)31(28(40)24(21)36)53-19(43)1-3-45-5-7-47-9-11-49-13-15-51-17-18-52-16-14-50-12-10-48-8-6-46-4-2-20(44)54-32-29(41)25(37)22(34)26(38)30(32)42/h1-18H2. The van der Waals surface area contributed by atoms with Gasteiger partial charge < -0.3 is 47.4 Å². The van der Waals surface area contributed by atoms with Gasteiger partial charge in [-0.25, -0.2) is 26.3 Å². The second-order valence-corrected chi connectivity index (χ2v) is 10.1. The normalized spacial score (nSPS) is 11.4. The smallest absolute Gasteiger partial charge is 0.313 e. The summed E-state index contributed by atoms with van der Waals surface area (Å²) in [6.45, 7) is 2.52. The quantitative estimate of drug-likeness (QED) is 0.0287. The van der Waals surface area contributed by atoms with Crippen LogP contribution in [0.1, 0.15) is 12.8 Å². The first kappa shape index (κ1) is 46.5. The summed E-state index contributed by atoms with van der Waals surface area (Å²) in [6.07, 6.45) is -1.04. The third kappa shape index (κ3) is 16.4. The molecule has 0 aromatic heterocycles. The Balaban J connectivity index is 1.29. The predicted octanol–water partition coefficient (Wildman–Crippen LogP) is 4.50. The van der Waals surface area contributed by atoms with Gasteiger partial charge >= 0.3 is 11.9 Å². The van der Waals surface area contributed by atoms with E-state index < -0.39 is 94.5 Å². The molecule has 54 heavy (non-hydrogen) atoms. The maximum atomic E-state index is 13.5. The van der Waals surface area contributed by atoms with E-state index in [1.165, 1.54) is 0 Å². The summed E-state index contributed by atoms with van der Waals surface area (Å²) >= 11 is 0. The molecule has 2 rings (SSSR count). The molecule has 0 heterocycles. The summed E-state index contributed by atoms with van der Waals surface area (Å²) < 4.78 is 183. The van der Waals surface area contributed by atoms with Crippen LogP contribution in [0.3, 0.4) is 0 Å². The number of carbonyl (C=O) groups excluding carboxylic acids is 2. The molecular formula is C32H36F10O12. The average Bonchev–Trinajstić information content (AvgIpc) is 3.16.